The Balaban J connectivity index is 1.81. The molecule has 1 amide bonds. The lowest BCUT2D eigenvalue weighted by molar-refractivity contribution is -0.128. The molecule has 1 aliphatic rings. The Kier molecular flexibility index (Phi) is 6.10. The Morgan fingerprint density at radius 1 is 1.21 bits per heavy atom. The molecular weight excluding hydrogens is 412 g/mol. The van der Waals surface area contributed by atoms with Crippen LogP contribution in [0.15, 0.2) is 36.4 Å². The van der Waals surface area contributed by atoms with E-state index in [1.165, 1.54) is 15.9 Å². The first-order chi connectivity index (χ1) is 13.6. The van der Waals surface area contributed by atoms with Gasteiger partial charge in [-0.15, -0.1) is 0 Å². The summed E-state index contributed by atoms with van der Waals surface area (Å²) in [4.78, 5) is 12.9. The van der Waals surface area contributed by atoms with Crippen molar-refractivity contribution in [2.75, 3.05) is 17.1 Å². The summed E-state index contributed by atoms with van der Waals surface area (Å²) in [7, 11) is -3.54. The molecule has 0 fully saturated rings. The van der Waals surface area contributed by atoms with E-state index < -0.39 is 16.1 Å². The molecule has 8 heteroatoms. The highest BCUT2D eigenvalue weighted by Crippen LogP contribution is 2.36. The highest BCUT2D eigenvalue weighted by molar-refractivity contribution is 7.92. The van der Waals surface area contributed by atoms with Crippen LogP contribution in [0.25, 0.3) is 0 Å². The van der Waals surface area contributed by atoms with E-state index in [9.17, 15) is 13.2 Å². The minimum atomic E-state index is -3.54. The van der Waals surface area contributed by atoms with Crippen LogP contribution in [0.3, 0.4) is 0 Å². The van der Waals surface area contributed by atoms with Crippen molar-refractivity contribution in [3.8, 4) is 5.75 Å². The van der Waals surface area contributed by atoms with Gasteiger partial charge in [-0.2, -0.15) is 0 Å². The summed E-state index contributed by atoms with van der Waals surface area (Å²) in [5.41, 5.74) is 3.69. The second-order valence-corrected chi connectivity index (χ2v) is 9.76. The number of aryl methyl sites for hydroxylation is 2. The van der Waals surface area contributed by atoms with Crippen molar-refractivity contribution in [2.45, 2.75) is 39.3 Å². The molecule has 0 unspecified atom stereocenters. The van der Waals surface area contributed by atoms with E-state index >= 15 is 0 Å². The summed E-state index contributed by atoms with van der Waals surface area (Å²) < 4.78 is 31.6. The average molecular weight is 437 g/mol. The first-order valence-electron chi connectivity index (χ1n) is 9.37. The Morgan fingerprint density at radius 3 is 2.59 bits per heavy atom. The number of rotatable bonds is 4. The quantitative estimate of drug-likeness (QED) is 0.791. The maximum absolute atomic E-state index is 12.9. The lowest BCUT2D eigenvalue weighted by Crippen LogP contribution is -2.40. The summed E-state index contributed by atoms with van der Waals surface area (Å²) in [6, 6.07) is 10.6. The van der Waals surface area contributed by atoms with E-state index in [1.807, 2.05) is 32.9 Å². The van der Waals surface area contributed by atoms with Gasteiger partial charge in [0.1, 0.15) is 5.75 Å². The van der Waals surface area contributed by atoms with Gasteiger partial charge < -0.3 is 10.1 Å². The topological polar surface area (TPSA) is 75.7 Å². The number of fused-ring (bicyclic) bond motifs is 1. The SMILES string of the molecule is Cc1ccc([C@@H](C)NC(=O)[C@@H]2CCN(S(C)(=O)=O)c3cc(Cl)ccc3O2)cc1C. The molecule has 0 bridgehead atoms. The van der Waals surface area contributed by atoms with Crippen LogP contribution in [-0.4, -0.2) is 33.2 Å². The average Bonchev–Trinajstić information content (AvgIpc) is 2.83. The van der Waals surface area contributed by atoms with Gasteiger partial charge in [-0.3, -0.25) is 9.10 Å². The van der Waals surface area contributed by atoms with E-state index in [2.05, 4.69) is 11.4 Å². The second-order valence-electron chi connectivity index (χ2n) is 7.42. The fourth-order valence-corrected chi connectivity index (χ4v) is 4.41. The molecule has 156 valence electrons. The third-order valence-electron chi connectivity index (χ3n) is 5.14. The molecule has 0 aliphatic carbocycles. The van der Waals surface area contributed by atoms with Gasteiger partial charge in [0.25, 0.3) is 5.91 Å². The van der Waals surface area contributed by atoms with Crippen molar-refractivity contribution in [1.82, 2.24) is 5.32 Å². The first kappa shape index (κ1) is 21.5. The van der Waals surface area contributed by atoms with Crippen LogP contribution in [0.2, 0.25) is 5.02 Å². The van der Waals surface area contributed by atoms with Crippen molar-refractivity contribution in [3.05, 3.63) is 58.1 Å². The van der Waals surface area contributed by atoms with Crippen LogP contribution in [0.1, 0.15) is 36.1 Å². The Labute approximate surface area is 176 Å². The molecule has 3 rings (SSSR count). The molecule has 1 N–H and O–H groups in total. The van der Waals surface area contributed by atoms with Crippen molar-refractivity contribution in [1.29, 1.82) is 0 Å². The third kappa shape index (κ3) is 4.85. The van der Waals surface area contributed by atoms with E-state index in [0.29, 0.717) is 16.5 Å². The zero-order valence-electron chi connectivity index (χ0n) is 16.9. The first-order valence-corrected chi connectivity index (χ1v) is 11.6. The summed E-state index contributed by atoms with van der Waals surface area (Å²) >= 11 is 6.05. The number of amides is 1. The lowest BCUT2D eigenvalue weighted by atomic mass is 10.0. The number of hydrogen-bond acceptors (Lipinski definition) is 4. The summed E-state index contributed by atoms with van der Waals surface area (Å²) in [5.74, 6) is 0.0308. The van der Waals surface area contributed by atoms with E-state index in [-0.39, 0.29) is 24.9 Å². The van der Waals surface area contributed by atoms with Gasteiger partial charge in [-0.1, -0.05) is 29.8 Å². The number of nitrogens with zero attached hydrogens (tertiary/aromatic N) is 1. The molecule has 6 nitrogen and oxygen atoms in total. The standard InChI is InChI=1S/C21H25ClN2O4S/c1-13-5-6-16(11-14(13)2)15(3)23-21(25)20-9-10-24(29(4,26)27)18-12-17(22)7-8-19(18)28-20/h5-8,11-12,15,20H,9-10H2,1-4H3,(H,23,25)/t15-,20+/m1/s1. The molecular formula is C21H25ClN2O4S. The fourth-order valence-electron chi connectivity index (χ4n) is 3.30. The number of sulfonamides is 1. The van der Waals surface area contributed by atoms with Crippen LogP contribution < -0.4 is 14.4 Å². The highest BCUT2D eigenvalue weighted by Gasteiger charge is 2.32. The summed E-state index contributed by atoms with van der Waals surface area (Å²) in [6.07, 6.45) is 0.542. The lowest BCUT2D eigenvalue weighted by Gasteiger charge is -2.21. The maximum Gasteiger partial charge on any atom is 0.261 e. The monoisotopic (exact) mass is 436 g/mol. The van der Waals surface area contributed by atoms with Gasteiger partial charge >= 0.3 is 0 Å². The molecule has 0 saturated carbocycles. The Bertz CT molecular complexity index is 1040. The molecule has 0 radical (unpaired) electrons. The minimum absolute atomic E-state index is 0.127. The van der Waals surface area contributed by atoms with Crippen molar-refractivity contribution in [2.24, 2.45) is 0 Å². The van der Waals surface area contributed by atoms with Crippen molar-refractivity contribution < 1.29 is 17.9 Å². The number of hydrogen-bond donors (Lipinski definition) is 1. The number of anilines is 1. The normalized spacial score (nSPS) is 17.7. The molecule has 2 atom stereocenters. The zero-order valence-corrected chi connectivity index (χ0v) is 18.5. The number of nitrogens with one attached hydrogen (secondary N) is 1. The Morgan fingerprint density at radius 2 is 1.93 bits per heavy atom. The number of carbonyl (C=O) groups excluding carboxylic acids is 1. The van der Waals surface area contributed by atoms with Crippen molar-refractivity contribution in [3.63, 3.8) is 0 Å². The molecule has 2 aromatic carbocycles. The number of carbonyl (C=O) groups is 1. The highest BCUT2D eigenvalue weighted by atomic mass is 35.5. The number of benzene rings is 2. The van der Waals surface area contributed by atoms with Crippen LogP contribution >= 0.6 is 11.6 Å². The van der Waals surface area contributed by atoms with Gasteiger partial charge in [0.15, 0.2) is 6.10 Å². The van der Waals surface area contributed by atoms with Gasteiger partial charge in [-0.25, -0.2) is 8.42 Å². The second kappa shape index (κ2) is 8.24. The minimum Gasteiger partial charge on any atom is -0.478 e. The molecule has 0 spiro atoms. The number of ether oxygens (including phenoxy) is 1. The van der Waals surface area contributed by atoms with Crippen molar-refractivity contribution >= 4 is 33.2 Å². The Hall–Kier alpha value is -2.25. The molecule has 0 saturated heterocycles. The van der Waals surface area contributed by atoms with E-state index in [4.69, 9.17) is 16.3 Å². The van der Waals surface area contributed by atoms with E-state index in [1.54, 1.807) is 12.1 Å². The smallest absolute Gasteiger partial charge is 0.261 e. The van der Waals surface area contributed by atoms with Gasteiger partial charge in [0.05, 0.1) is 18.0 Å². The van der Waals surface area contributed by atoms with E-state index in [0.717, 1.165) is 17.4 Å². The van der Waals surface area contributed by atoms with Crippen LogP contribution in [-0.2, 0) is 14.8 Å². The molecule has 1 heterocycles. The maximum atomic E-state index is 12.9. The van der Waals surface area contributed by atoms with Crippen LogP contribution in [0, 0.1) is 13.8 Å². The number of halogens is 1. The summed E-state index contributed by atoms with van der Waals surface area (Å²) in [5, 5.41) is 3.37. The summed E-state index contributed by atoms with van der Waals surface area (Å²) in [6.45, 7) is 6.11. The van der Waals surface area contributed by atoms with Gasteiger partial charge in [0, 0.05) is 18.0 Å². The zero-order chi connectivity index (χ0) is 21.3. The van der Waals surface area contributed by atoms with Crippen LogP contribution in [0.4, 0.5) is 5.69 Å². The predicted octanol–water partition coefficient (Wildman–Crippen LogP) is 3.75. The fraction of sp³-hybridized carbons (Fsp3) is 0.381. The predicted molar refractivity (Wildman–Crippen MR) is 115 cm³/mol. The van der Waals surface area contributed by atoms with Crippen LogP contribution in [0.5, 0.6) is 5.75 Å². The van der Waals surface area contributed by atoms with Gasteiger partial charge in [0.2, 0.25) is 10.0 Å². The van der Waals surface area contributed by atoms with Gasteiger partial charge in [-0.05, 0) is 55.7 Å². The molecule has 1 aliphatic heterocycles. The molecule has 2 aromatic rings. The largest absolute Gasteiger partial charge is 0.478 e. The molecule has 29 heavy (non-hydrogen) atoms. The molecule has 0 aromatic heterocycles. The third-order valence-corrected chi connectivity index (χ3v) is 6.55.